The zero-order valence-corrected chi connectivity index (χ0v) is 12.7. The maximum Gasteiger partial charge on any atom is 0.387 e. The first-order valence-corrected chi connectivity index (χ1v) is 7.49. The molecule has 1 N–H and O–H groups in total. The summed E-state index contributed by atoms with van der Waals surface area (Å²) in [5, 5.41) is 2.94. The van der Waals surface area contributed by atoms with Crippen LogP contribution in [0.3, 0.4) is 0 Å². The van der Waals surface area contributed by atoms with Gasteiger partial charge in [-0.2, -0.15) is 8.78 Å². The number of carbonyl (C=O) groups excluding carboxylic acids is 2. The molecule has 1 aliphatic rings. The molecule has 126 valence electrons. The van der Waals surface area contributed by atoms with E-state index in [0.717, 1.165) is 12.8 Å². The Morgan fingerprint density at radius 3 is 2.67 bits per heavy atom. The fourth-order valence-electron chi connectivity index (χ4n) is 2.69. The number of hydrogen-bond donors (Lipinski definition) is 1. The molecule has 1 saturated heterocycles. The second-order valence-corrected chi connectivity index (χ2v) is 5.34. The summed E-state index contributed by atoms with van der Waals surface area (Å²) in [6.07, 6.45) is 3.19. The predicted octanol–water partition coefficient (Wildman–Crippen LogP) is 2.40. The molecule has 0 saturated carbocycles. The molecular weight excluding hydrogens is 320 g/mol. The number of carbonyl (C=O) groups is 2. The Kier molecular flexibility index (Phi) is 4.54. The van der Waals surface area contributed by atoms with E-state index in [-0.39, 0.29) is 11.3 Å². The van der Waals surface area contributed by atoms with Crippen molar-refractivity contribution < 1.29 is 23.1 Å². The predicted molar refractivity (Wildman–Crippen MR) is 82.8 cm³/mol. The molecule has 0 bridgehead atoms. The van der Waals surface area contributed by atoms with E-state index in [1.165, 1.54) is 23.2 Å². The van der Waals surface area contributed by atoms with Crippen LogP contribution in [0, 0.1) is 0 Å². The first-order valence-electron chi connectivity index (χ1n) is 7.49. The Hall–Kier alpha value is -2.77. The monoisotopic (exact) mass is 335 g/mol. The highest BCUT2D eigenvalue weighted by Crippen LogP contribution is 2.31. The van der Waals surface area contributed by atoms with E-state index in [4.69, 9.17) is 0 Å². The third-order valence-corrected chi connectivity index (χ3v) is 3.78. The largest absolute Gasteiger partial charge is 0.432 e. The normalized spacial score (nSPS) is 14.2. The van der Waals surface area contributed by atoms with Gasteiger partial charge in [-0.25, -0.2) is 0 Å². The SMILES string of the molecule is O=C(Nc1ccc(OC(F)F)c2ncccc12)C(=O)N1CCCC1. The van der Waals surface area contributed by atoms with Crippen LogP contribution in [0.15, 0.2) is 30.5 Å². The van der Waals surface area contributed by atoms with Crippen molar-refractivity contribution in [1.82, 2.24) is 9.88 Å². The number of rotatable bonds is 3. The number of nitrogens with zero attached hydrogens (tertiary/aromatic N) is 2. The molecular formula is C16H15F2N3O3. The van der Waals surface area contributed by atoms with E-state index < -0.39 is 18.4 Å². The number of nitrogens with one attached hydrogen (secondary N) is 1. The van der Waals surface area contributed by atoms with Gasteiger partial charge >= 0.3 is 18.4 Å². The van der Waals surface area contributed by atoms with Gasteiger partial charge in [0.15, 0.2) is 5.75 Å². The summed E-state index contributed by atoms with van der Waals surface area (Å²) < 4.78 is 29.4. The van der Waals surface area contributed by atoms with Gasteiger partial charge in [0.2, 0.25) is 0 Å². The van der Waals surface area contributed by atoms with E-state index in [9.17, 15) is 18.4 Å². The molecule has 0 radical (unpaired) electrons. The molecule has 0 spiro atoms. The van der Waals surface area contributed by atoms with Crippen LogP contribution in [-0.4, -0.2) is 41.4 Å². The molecule has 1 aliphatic heterocycles. The molecule has 3 rings (SSSR count). The molecule has 1 aromatic heterocycles. The number of pyridine rings is 1. The second kappa shape index (κ2) is 6.77. The van der Waals surface area contributed by atoms with E-state index in [1.807, 2.05) is 0 Å². The van der Waals surface area contributed by atoms with Gasteiger partial charge in [0.25, 0.3) is 0 Å². The number of anilines is 1. The lowest BCUT2D eigenvalue weighted by Crippen LogP contribution is -2.37. The van der Waals surface area contributed by atoms with Crippen LogP contribution in [0.1, 0.15) is 12.8 Å². The number of benzene rings is 1. The number of amides is 2. The maximum atomic E-state index is 12.5. The molecule has 6 nitrogen and oxygen atoms in total. The van der Waals surface area contributed by atoms with E-state index in [2.05, 4.69) is 15.0 Å². The molecule has 0 aliphatic carbocycles. The van der Waals surface area contributed by atoms with Gasteiger partial charge < -0.3 is 15.0 Å². The lowest BCUT2D eigenvalue weighted by Gasteiger charge is -2.16. The van der Waals surface area contributed by atoms with Crippen LogP contribution in [0.5, 0.6) is 5.75 Å². The van der Waals surface area contributed by atoms with Crippen molar-refractivity contribution in [3.8, 4) is 5.75 Å². The molecule has 1 aromatic carbocycles. The van der Waals surface area contributed by atoms with Crippen LogP contribution in [0.25, 0.3) is 10.9 Å². The average Bonchev–Trinajstić information content (AvgIpc) is 3.10. The van der Waals surface area contributed by atoms with Crippen LogP contribution in [0.4, 0.5) is 14.5 Å². The van der Waals surface area contributed by atoms with Gasteiger partial charge in [-0.05, 0) is 37.1 Å². The summed E-state index contributed by atoms with van der Waals surface area (Å²) in [6.45, 7) is -1.85. The van der Waals surface area contributed by atoms with Crippen LogP contribution in [-0.2, 0) is 9.59 Å². The lowest BCUT2D eigenvalue weighted by atomic mass is 10.1. The van der Waals surface area contributed by atoms with Gasteiger partial charge in [0.1, 0.15) is 5.52 Å². The molecule has 2 heterocycles. The number of aromatic nitrogens is 1. The van der Waals surface area contributed by atoms with Gasteiger partial charge in [0, 0.05) is 24.7 Å². The number of hydrogen-bond acceptors (Lipinski definition) is 4. The first kappa shape index (κ1) is 16.1. The van der Waals surface area contributed by atoms with Crippen molar-refractivity contribution in [2.75, 3.05) is 18.4 Å². The van der Waals surface area contributed by atoms with Crippen LogP contribution >= 0.6 is 0 Å². The standard InChI is InChI=1S/C16H15F2N3O3/c17-16(18)24-12-6-5-11(10-4-3-7-19-13(10)12)20-14(22)15(23)21-8-1-2-9-21/h3-7,16H,1-2,8-9H2,(H,20,22). The Morgan fingerprint density at radius 2 is 1.96 bits per heavy atom. The smallest absolute Gasteiger partial charge is 0.387 e. The molecule has 1 fully saturated rings. The van der Waals surface area contributed by atoms with Gasteiger partial charge in [-0.1, -0.05) is 0 Å². The summed E-state index contributed by atoms with van der Waals surface area (Å²) >= 11 is 0. The molecule has 24 heavy (non-hydrogen) atoms. The Labute approximate surface area is 136 Å². The summed E-state index contributed by atoms with van der Waals surface area (Å²) in [7, 11) is 0. The van der Waals surface area contributed by atoms with Crippen LogP contribution < -0.4 is 10.1 Å². The Balaban J connectivity index is 1.87. The fourth-order valence-corrected chi connectivity index (χ4v) is 2.69. The van der Waals surface area contributed by atoms with Gasteiger partial charge in [0.05, 0.1) is 5.69 Å². The van der Waals surface area contributed by atoms with Crippen LogP contribution in [0.2, 0.25) is 0 Å². The minimum atomic E-state index is -2.98. The van der Waals surface area contributed by atoms with Crippen molar-refractivity contribution in [3.05, 3.63) is 30.5 Å². The van der Waals surface area contributed by atoms with Crippen molar-refractivity contribution in [2.45, 2.75) is 19.5 Å². The highest BCUT2D eigenvalue weighted by molar-refractivity contribution is 6.40. The average molecular weight is 335 g/mol. The summed E-state index contributed by atoms with van der Waals surface area (Å²) in [4.78, 5) is 29.7. The van der Waals surface area contributed by atoms with Crippen molar-refractivity contribution in [1.29, 1.82) is 0 Å². The Bertz CT molecular complexity index is 776. The van der Waals surface area contributed by atoms with Crippen molar-refractivity contribution in [3.63, 3.8) is 0 Å². The number of ether oxygens (including phenoxy) is 1. The first-order chi connectivity index (χ1) is 11.6. The van der Waals surface area contributed by atoms with Crippen molar-refractivity contribution >= 4 is 28.4 Å². The zero-order valence-electron chi connectivity index (χ0n) is 12.7. The zero-order chi connectivity index (χ0) is 17.1. The lowest BCUT2D eigenvalue weighted by molar-refractivity contribution is -0.142. The van der Waals surface area contributed by atoms with Gasteiger partial charge in [-0.3, -0.25) is 14.6 Å². The number of likely N-dealkylation sites (tertiary alicyclic amines) is 1. The number of alkyl halides is 2. The molecule has 0 atom stereocenters. The summed E-state index contributed by atoms with van der Waals surface area (Å²) in [5.41, 5.74) is 0.501. The third kappa shape index (κ3) is 3.27. The number of fused-ring (bicyclic) bond motifs is 1. The molecule has 0 unspecified atom stereocenters. The second-order valence-electron chi connectivity index (χ2n) is 5.34. The third-order valence-electron chi connectivity index (χ3n) is 3.78. The highest BCUT2D eigenvalue weighted by Gasteiger charge is 2.25. The van der Waals surface area contributed by atoms with E-state index >= 15 is 0 Å². The number of halogens is 2. The molecule has 2 amide bonds. The minimum Gasteiger partial charge on any atom is -0.432 e. The minimum absolute atomic E-state index is 0.0931. The van der Waals surface area contributed by atoms with Gasteiger partial charge in [-0.15, -0.1) is 0 Å². The van der Waals surface area contributed by atoms with E-state index in [1.54, 1.807) is 12.1 Å². The Morgan fingerprint density at radius 1 is 1.21 bits per heavy atom. The fraction of sp³-hybridized carbons (Fsp3) is 0.312. The highest BCUT2D eigenvalue weighted by atomic mass is 19.3. The summed E-state index contributed by atoms with van der Waals surface area (Å²) in [5.74, 6) is -1.45. The summed E-state index contributed by atoms with van der Waals surface area (Å²) in [6, 6.07) is 5.91. The molecule has 8 heteroatoms. The van der Waals surface area contributed by atoms with Crippen molar-refractivity contribution in [2.24, 2.45) is 0 Å². The quantitative estimate of drug-likeness (QED) is 0.875. The molecule has 2 aromatic rings. The topological polar surface area (TPSA) is 71.5 Å². The van der Waals surface area contributed by atoms with E-state index in [0.29, 0.717) is 24.2 Å². The maximum absolute atomic E-state index is 12.5.